The molecule has 3 N–H and O–H groups in total. The van der Waals surface area contributed by atoms with Crippen molar-refractivity contribution in [2.24, 2.45) is 0 Å². The second-order valence-electron chi connectivity index (χ2n) is 4.43. The maximum atomic E-state index is 12.9. The summed E-state index contributed by atoms with van der Waals surface area (Å²) in [6, 6.07) is 2.14. The number of halogens is 2. The lowest BCUT2D eigenvalue weighted by Crippen LogP contribution is -2.42. The molecular weight excluding hydrogens is 270 g/mol. The molecule has 0 heterocycles. The number of amides is 2. The van der Waals surface area contributed by atoms with Crippen LogP contribution >= 0.6 is 0 Å². The molecule has 1 rings (SSSR count). The van der Waals surface area contributed by atoms with Gasteiger partial charge < -0.3 is 15.7 Å². The van der Waals surface area contributed by atoms with E-state index in [1.54, 1.807) is 6.92 Å². The van der Waals surface area contributed by atoms with Crippen molar-refractivity contribution in [3.8, 4) is 0 Å². The first-order valence-electron chi connectivity index (χ1n) is 6.08. The van der Waals surface area contributed by atoms with Crippen LogP contribution in [0.3, 0.4) is 0 Å². The van der Waals surface area contributed by atoms with Crippen LogP contribution in [0.4, 0.5) is 13.6 Å². The highest BCUT2D eigenvalue weighted by atomic mass is 19.1. The zero-order valence-electron chi connectivity index (χ0n) is 11.0. The van der Waals surface area contributed by atoms with Gasteiger partial charge in [0.05, 0.1) is 6.42 Å². The molecule has 0 fully saturated rings. The molecule has 0 radical (unpaired) electrons. The van der Waals surface area contributed by atoms with Gasteiger partial charge in [-0.1, -0.05) is 0 Å². The highest BCUT2D eigenvalue weighted by Crippen LogP contribution is 2.08. The Morgan fingerprint density at radius 2 is 1.85 bits per heavy atom. The van der Waals surface area contributed by atoms with Gasteiger partial charge in [0, 0.05) is 18.7 Å². The van der Waals surface area contributed by atoms with Crippen LogP contribution in [-0.4, -0.2) is 29.7 Å². The van der Waals surface area contributed by atoms with Crippen molar-refractivity contribution < 1.29 is 23.5 Å². The lowest BCUT2D eigenvalue weighted by atomic mass is 10.1. The maximum absolute atomic E-state index is 12.9. The summed E-state index contributed by atoms with van der Waals surface area (Å²) in [5.74, 6) is -2.34. The second kappa shape index (κ2) is 7.42. The van der Waals surface area contributed by atoms with E-state index in [0.717, 1.165) is 6.07 Å². The minimum absolute atomic E-state index is 0.178. The van der Waals surface area contributed by atoms with Crippen molar-refractivity contribution in [1.82, 2.24) is 10.6 Å². The number of hydrogen-bond donors (Lipinski definition) is 3. The molecule has 0 aliphatic carbocycles. The summed E-state index contributed by atoms with van der Waals surface area (Å²) in [4.78, 5) is 21.8. The van der Waals surface area contributed by atoms with Crippen LogP contribution in [0, 0.1) is 11.6 Å². The molecule has 1 unspecified atom stereocenters. The Balaban J connectivity index is 2.33. The van der Waals surface area contributed by atoms with Gasteiger partial charge in [-0.15, -0.1) is 0 Å². The summed E-state index contributed by atoms with van der Waals surface area (Å²) >= 11 is 0. The molecule has 1 aromatic rings. The Bertz CT molecular complexity index is 474. The van der Waals surface area contributed by atoms with Crippen LogP contribution in [-0.2, 0) is 11.2 Å². The van der Waals surface area contributed by atoms with Gasteiger partial charge in [-0.05, 0) is 31.0 Å². The van der Waals surface area contributed by atoms with Gasteiger partial charge in [0.2, 0.25) is 0 Å². The summed E-state index contributed by atoms with van der Waals surface area (Å²) in [5, 5.41) is 13.5. The molecule has 110 valence electrons. The van der Waals surface area contributed by atoms with Gasteiger partial charge in [-0.3, -0.25) is 4.79 Å². The third kappa shape index (κ3) is 6.12. The van der Waals surface area contributed by atoms with E-state index in [4.69, 9.17) is 5.11 Å². The molecule has 1 aromatic carbocycles. The van der Waals surface area contributed by atoms with Gasteiger partial charge in [0.15, 0.2) is 0 Å². The second-order valence-corrected chi connectivity index (χ2v) is 4.43. The van der Waals surface area contributed by atoms with Crippen molar-refractivity contribution in [3.05, 3.63) is 35.4 Å². The van der Waals surface area contributed by atoms with Gasteiger partial charge in [-0.25, -0.2) is 13.6 Å². The molecule has 5 nitrogen and oxygen atoms in total. The quantitative estimate of drug-likeness (QED) is 0.744. The van der Waals surface area contributed by atoms with Crippen molar-refractivity contribution >= 4 is 12.0 Å². The third-order valence-electron chi connectivity index (χ3n) is 2.48. The Morgan fingerprint density at radius 3 is 2.40 bits per heavy atom. The fraction of sp³-hybridized carbons (Fsp3) is 0.385. The van der Waals surface area contributed by atoms with Gasteiger partial charge in [0.1, 0.15) is 11.6 Å². The highest BCUT2D eigenvalue weighted by molar-refractivity contribution is 5.75. The van der Waals surface area contributed by atoms with E-state index in [1.165, 1.54) is 12.1 Å². The molecular formula is C13H16F2N2O3. The van der Waals surface area contributed by atoms with E-state index in [1.807, 2.05) is 0 Å². The topological polar surface area (TPSA) is 78.4 Å². The Labute approximate surface area is 115 Å². The van der Waals surface area contributed by atoms with Gasteiger partial charge in [-0.2, -0.15) is 0 Å². The molecule has 20 heavy (non-hydrogen) atoms. The maximum Gasteiger partial charge on any atom is 0.315 e. The van der Waals surface area contributed by atoms with Crippen LogP contribution in [0.15, 0.2) is 18.2 Å². The molecule has 2 amide bonds. The zero-order chi connectivity index (χ0) is 15.1. The number of carbonyl (C=O) groups excluding carboxylic acids is 1. The molecule has 0 bridgehead atoms. The average Bonchev–Trinajstić information content (AvgIpc) is 2.25. The summed E-state index contributed by atoms with van der Waals surface area (Å²) < 4.78 is 25.8. The van der Waals surface area contributed by atoms with E-state index < -0.39 is 29.7 Å². The van der Waals surface area contributed by atoms with E-state index in [9.17, 15) is 18.4 Å². The number of carbonyl (C=O) groups is 2. The Hall–Kier alpha value is -2.18. The summed E-state index contributed by atoms with van der Waals surface area (Å²) in [6.45, 7) is 1.75. The van der Waals surface area contributed by atoms with E-state index in [2.05, 4.69) is 10.6 Å². The summed E-state index contributed by atoms with van der Waals surface area (Å²) in [5.41, 5.74) is 0.432. The largest absolute Gasteiger partial charge is 0.481 e. The number of rotatable bonds is 6. The Kier molecular flexibility index (Phi) is 5.89. The standard InChI is InChI=1S/C13H16F2N2O3/c1-8(4-12(18)19)17-13(20)16-3-2-9-5-10(14)7-11(15)6-9/h5-8H,2-4H2,1H3,(H,18,19)(H2,16,17,20). The lowest BCUT2D eigenvalue weighted by Gasteiger charge is -2.12. The number of carboxylic acid groups (broad SMARTS) is 1. The summed E-state index contributed by atoms with van der Waals surface area (Å²) in [6.07, 6.45) is 0.0952. The predicted octanol–water partition coefficient (Wildman–Crippen LogP) is 1.67. The zero-order valence-corrected chi connectivity index (χ0v) is 11.0. The fourth-order valence-corrected chi connectivity index (χ4v) is 1.66. The minimum Gasteiger partial charge on any atom is -0.481 e. The molecule has 0 aliphatic heterocycles. The number of carboxylic acids is 1. The number of benzene rings is 1. The molecule has 0 saturated heterocycles. The van der Waals surface area contributed by atoms with E-state index in [0.29, 0.717) is 5.56 Å². The van der Waals surface area contributed by atoms with Crippen LogP contribution in [0.1, 0.15) is 18.9 Å². The average molecular weight is 286 g/mol. The first-order chi connectivity index (χ1) is 9.36. The van der Waals surface area contributed by atoms with Crippen molar-refractivity contribution in [3.63, 3.8) is 0 Å². The first-order valence-corrected chi connectivity index (χ1v) is 6.08. The highest BCUT2D eigenvalue weighted by Gasteiger charge is 2.10. The molecule has 0 spiro atoms. The van der Waals surface area contributed by atoms with E-state index >= 15 is 0 Å². The molecule has 0 saturated carbocycles. The lowest BCUT2D eigenvalue weighted by molar-refractivity contribution is -0.137. The van der Waals surface area contributed by atoms with Gasteiger partial charge in [0.25, 0.3) is 0 Å². The Morgan fingerprint density at radius 1 is 1.25 bits per heavy atom. The monoisotopic (exact) mass is 286 g/mol. The van der Waals surface area contributed by atoms with Crippen molar-refractivity contribution in [2.45, 2.75) is 25.8 Å². The van der Waals surface area contributed by atoms with Crippen LogP contribution in [0.25, 0.3) is 0 Å². The molecule has 0 aliphatic rings. The normalized spacial score (nSPS) is 11.8. The SMILES string of the molecule is CC(CC(=O)O)NC(=O)NCCc1cc(F)cc(F)c1. The number of nitrogens with one attached hydrogen (secondary N) is 2. The number of urea groups is 1. The van der Waals surface area contributed by atoms with Crippen LogP contribution < -0.4 is 10.6 Å². The third-order valence-corrected chi connectivity index (χ3v) is 2.48. The van der Waals surface area contributed by atoms with Crippen LogP contribution in [0.5, 0.6) is 0 Å². The fourth-order valence-electron chi connectivity index (χ4n) is 1.66. The minimum atomic E-state index is -1.01. The molecule has 1 atom stereocenters. The van der Waals surface area contributed by atoms with Crippen molar-refractivity contribution in [2.75, 3.05) is 6.54 Å². The van der Waals surface area contributed by atoms with Crippen LogP contribution in [0.2, 0.25) is 0 Å². The summed E-state index contributed by atoms with van der Waals surface area (Å²) in [7, 11) is 0. The smallest absolute Gasteiger partial charge is 0.315 e. The number of aliphatic carboxylic acids is 1. The molecule has 0 aromatic heterocycles. The molecule has 7 heteroatoms. The van der Waals surface area contributed by atoms with Crippen molar-refractivity contribution in [1.29, 1.82) is 0 Å². The first kappa shape index (κ1) is 15.9. The van der Waals surface area contributed by atoms with E-state index in [-0.39, 0.29) is 19.4 Å². The van der Waals surface area contributed by atoms with Gasteiger partial charge >= 0.3 is 12.0 Å². The predicted molar refractivity (Wildman–Crippen MR) is 68.3 cm³/mol. The number of hydrogen-bond acceptors (Lipinski definition) is 2.